The van der Waals surface area contributed by atoms with Gasteiger partial charge in [-0.1, -0.05) is 35.5 Å². The van der Waals surface area contributed by atoms with Crippen LogP contribution >= 0.6 is 0 Å². The lowest BCUT2D eigenvalue weighted by atomic mass is 10.2. The second-order valence-electron chi connectivity index (χ2n) is 6.58. The summed E-state index contributed by atoms with van der Waals surface area (Å²) >= 11 is 0. The first-order valence-corrected chi connectivity index (χ1v) is 9.00. The van der Waals surface area contributed by atoms with Crippen molar-refractivity contribution in [2.75, 3.05) is 6.54 Å². The minimum Gasteiger partial charge on any atom is -0.339 e. The number of benzene rings is 1. The van der Waals surface area contributed by atoms with Crippen molar-refractivity contribution in [2.45, 2.75) is 38.9 Å². The Morgan fingerprint density at radius 2 is 2.15 bits per heavy atom. The number of aromatic nitrogens is 3. The largest absolute Gasteiger partial charge is 0.339 e. The number of hydrogen-bond donors (Lipinski definition) is 0. The van der Waals surface area contributed by atoms with Crippen LogP contribution in [0.3, 0.4) is 0 Å². The van der Waals surface area contributed by atoms with Crippen molar-refractivity contribution in [3.8, 4) is 17.5 Å². The van der Waals surface area contributed by atoms with Crippen LogP contribution in [0.5, 0.6) is 0 Å². The van der Waals surface area contributed by atoms with Crippen molar-refractivity contribution >= 4 is 0 Å². The molecule has 1 aliphatic rings. The van der Waals surface area contributed by atoms with Gasteiger partial charge in [0.25, 0.3) is 0 Å². The van der Waals surface area contributed by atoms with Crippen LogP contribution in [0, 0.1) is 11.3 Å². The van der Waals surface area contributed by atoms with Gasteiger partial charge in [0.1, 0.15) is 11.8 Å². The zero-order valence-electron chi connectivity index (χ0n) is 14.8. The van der Waals surface area contributed by atoms with E-state index < -0.39 is 0 Å². The zero-order chi connectivity index (χ0) is 17.9. The number of rotatable bonds is 5. The van der Waals surface area contributed by atoms with Crippen molar-refractivity contribution in [2.24, 2.45) is 0 Å². The Morgan fingerprint density at radius 3 is 2.88 bits per heavy atom. The minimum absolute atomic E-state index is 0.135. The highest BCUT2D eigenvalue weighted by Gasteiger charge is 2.31. The van der Waals surface area contributed by atoms with E-state index in [1.807, 2.05) is 47.9 Å². The summed E-state index contributed by atoms with van der Waals surface area (Å²) in [7, 11) is 0. The fourth-order valence-corrected chi connectivity index (χ4v) is 3.61. The molecule has 6 nitrogen and oxygen atoms in total. The molecule has 3 heterocycles. The van der Waals surface area contributed by atoms with Crippen molar-refractivity contribution < 1.29 is 4.52 Å². The van der Waals surface area contributed by atoms with Crippen LogP contribution in [0.4, 0.5) is 0 Å². The molecular weight excluding hydrogens is 326 g/mol. The molecule has 3 aromatic rings. The van der Waals surface area contributed by atoms with Gasteiger partial charge in [-0.2, -0.15) is 10.2 Å². The van der Waals surface area contributed by atoms with Crippen LogP contribution in [0.25, 0.3) is 11.4 Å². The molecule has 2 aromatic heterocycles. The van der Waals surface area contributed by atoms with Crippen LogP contribution in [0.2, 0.25) is 0 Å². The molecule has 1 saturated heterocycles. The van der Waals surface area contributed by atoms with E-state index in [0.29, 0.717) is 17.4 Å². The van der Waals surface area contributed by atoms with Gasteiger partial charge in [0.05, 0.1) is 6.04 Å². The molecule has 1 aromatic carbocycles. The summed E-state index contributed by atoms with van der Waals surface area (Å²) in [5, 5.41) is 13.4. The maximum atomic E-state index is 9.25. The molecule has 0 spiro atoms. The molecule has 0 N–H and O–H groups in total. The SMILES string of the molecule is CCn1cc(CN2CCC[C@@H]2c2nc(-c3ccccc3)no2)cc1C#N. The smallest absolute Gasteiger partial charge is 0.244 e. The van der Waals surface area contributed by atoms with Crippen molar-refractivity contribution in [3.05, 3.63) is 59.7 Å². The summed E-state index contributed by atoms with van der Waals surface area (Å²) in [6.45, 7) is 4.63. The molecule has 26 heavy (non-hydrogen) atoms. The molecule has 4 rings (SSSR count). The van der Waals surface area contributed by atoms with Gasteiger partial charge in [0.2, 0.25) is 11.7 Å². The van der Waals surface area contributed by atoms with E-state index in [9.17, 15) is 5.26 Å². The molecule has 1 atom stereocenters. The number of nitrogens with zero attached hydrogens (tertiary/aromatic N) is 5. The first kappa shape index (κ1) is 16.6. The molecule has 6 heteroatoms. The van der Waals surface area contributed by atoms with Gasteiger partial charge in [0.15, 0.2) is 0 Å². The van der Waals surface area contributed by atoms with Crippen LogP contribution in [0.1, 0.15) is 43.0 Å². The number of aryl methyl sites for hydroxylation is 1. The molecule has 0 aliphatic carbocycles. The lowest BCUT2D eigenvalue weighted by Crippen LogP contribution is -2.22. The number of likely N-dealkylation sites (tertiary alicyclic amines) is 1. The molecule has 132 valence electrons. The van der Waals surface area contributed by atoms with Gasteiger partial charge in [-0.15, -0.1) is 0 Å². The third kappa shape index (κ3) is 3.14. The van der Waals surface area contributed by atoms with Gasteiger partial charge in [-0.05, 0) is 37.9 Å². The van der Waals surface area contributed by atoms with Crippen molar-refractivity contribution in [1.82, 2.24) is 19.6 Å². The topological polar surface area (TPSA) is 70.9 Å². The van der Waals surface area contributed by atoms with E-state index in [4.69, 9.17) is 4.52 Å². The second-order valence-corrected chi connectivity index (χ2v) is 6.58. The minimum atomic E-state index is 0.135. The molecular formula is C20H21N5O. The Kier molecular flexibility index (Phi) is 4.55. The first-order valence-electron chi connectivity index (χ1n) is 9.00. The molecule has 0 radical (unpaired) electrons. The van der Waals surface area contributed by atoms with Crippen molar-refractivity contribution in [1.29, 1.82) is 5.26 Å². The first-order chi connectivity index (χ1) is 12.8. The van der Waals surface area contributed by atoms with Crippen LogP contribution < -0.4 is 0 Å². The van der Waals surface area contributed by atoms with Gasteiger partial charge in [0, 0.05) is 24.8 Å². The number of nitriles is 1. The molecule has 0 saturated carbocycles. The Balaban J connectivity index is 1.53. The van der Waals surface area contributed by atoms with E-state index in [2.05, 4.69) is 27.3 Å². The van der Waals surface area contributed by atoms with Crippen LogP contribution in [-0.4, -0.2) is 26.2 Å². The average Bonchev–Trinajstić information content (AvgIpc) is 3.41. The zero-order valence-corrected chi connectivity index (χ0v) is 14.8. The van der Waals surface area contributed by atoms with Crippen molar-refractivity contribution in [3.63, 3.8) is 0 Å². The lowest BCUT2D eigenvalue weighted by molar-refractivity contribution is 0.201. The third-order valence-corrected chi connectivity index (χ3v) is 4.92. The highest BCUT2D eigenvalue weighted by Crippen LogP contribution is 2.33. The normalized spacial score (nSPS) is 17.5. The highest BCUT2D eigenvalue weighted by atomic mass is 16.5. The summed E-state index contributed by atoms with van der Waals surface area (Å²) in [5.41, 5.74) is 2.83. The van der Waals surface area contributed by atoms with E-state index in [1.165, 1.54) is 0 Å². The second kappa shape index (κ2) is 7.14. The Labute approximate surface area is 152 Å². The summed E-state index contributed by atoms with van der Waals surface area (Å²) in [4.78, 5) is 6.99. The van der Waals surface area contributed by atoms with E-state index >= 15 is 0 Å². The maximum absolute atomic E-state index is 9.25. The molecule has 0 bridgehead atoms. The standard InChI is InChI=1S/C20H21N5O/c1-2-24-13-15(11-17(24)12-21)14-25-10-6-9-18(25)20-22-19(23-26-20)16-7-4-3-5-8-16/h3-5,7-8,11,13,18H,2,6,9-10,14H2,1H3/t18-/m1/s1. The van der Waals surface area contributed by atoms with E-state index in [0.717, 1.165) is 43.6 Å². The van der Waals surface area contributed by atoms with Crippen LogP contribution in [0.15, 0.2) is 47.1 Å². The Bertz CT molecular complexity index is 921. The highest BCUT2D eigenvalue weighted by molar-refractivity contribution is 5.53. The fraction of sp³-hybridized carbons (Fsp3) is 0.350. The van der Waals surface area contributed by atoms with E-state index in [1.54, 1.807) is 0 Å². The molecule has 1 fully saturated rings. The Morgan fingerprint density at radius 1 is 1.31 bits per heavy atom. The predicted molar refractivity (Wildman–Crippen MR) is 96.9 cm³/mol. The lowest BCUT2D eigenvalue weighted by Gasteiger charge is -2.20. The summed E-state index contributed by atoms with van der Waals surface area (Å²) in [5.74, 6) is 1.31. The molecule has 0 amide bonds. The molecule has 1 aliphatic heterocycles. The monoisotopic (exact) mass is 347 g/mol. The third-order valence-electron chi connectivity index (χ3n) is 4.92. The number of hydrogen-bond acceptors (Lipinski definition) is 5. The summed E-state index contributed by atoms with van der Waals surface area (Å²) in [6.07, 6.45) is 4.18. The average molecular weight is 347 g/mol. The summed E-state index contributed by atoms with van der Waals surface area (Å²) in [6, 6.07) is 14.3. The fourth-order valence-electron chi connectivity index (χ4n) is 3.61. The van der Waals surface area contributed by atoms with E-state index in [-0.39, 0.29) is 6.04 Å². The predicted octanol–water partition coefficient (Wildman–Crippen LogP) is 3.77. The maximum Gasteiger partial charge on any atom is 0.244 e. The van der Waals surface area contributed by atoms with Gasteiger partial charge in [-0.3, -0.25) is 4.90 Å². The Hall–Kier alpha value is -2.91. The van der Waals surface area contributed by atoms with Gasteiger partial charge >= 0.3 is 0 Å². The van der Waals surface area contributed by atoms with Crippen LogP contribution in [-0.2, 0) is 13.1 Å². The quantitative estimate of drug-likeness (QED) is 0.702. The van der Waals surface area contributed by atoms with Gasteiger partial charge in [-0.25, -0.2) is 0 Å². The van der Waals surface area contributed by atoms with Gasteiger partial charge < -0.3 is 9.09 Å². The molecule has 0 unspecified atom stereocenters. The summed E-state index contributed by atoms with van der Waals surface area (Å²) < 4.78 is 7.57.